The average molecular weight is 208 g/mol. The Labute approximate surface area is 92.0 Å². The second-order valence-electron chi connectivity index (χ2n) is 3.37. The highest BCUT2D eigenvalue weighted by Crippen LogP contribution is 2.23. The molecular formula is C12H8N4. The van der Waals surface area contributed by atoms with Crippen molar-refractivity contribution >= 4 is 10.9 Å². The molecule has 0 aliphatic carbocycles. The third-order valence-electron chi connectivity index (χ3n) is 2.40. The molecule has 4 nitrogen and oxygen atoms in total. The van der Waals surface area contributed by atoms with E-state index in [0.717, 1.165) is 22.2 Å². The molecule has 0 saturated heterocycles. The van der Waals surface area contributed by atoms with Crippen molar-refractivity contribution in [1.82, 2.24) is 20.2 Å². The van der Waals surface area contributed by atoms with Gasteiger partial charge in [-0.3, -0.25) is 0 Å². The molecule has 0 amide bonds. The lowest BCUT2D eigenvalue weighted by molar-refractivity contribution is 1.03. The Morgan fingerprint density at radius 2 is 1.81 bits per heavy atom. The summed E-state index contributed by atoms with van der Waals surface area (Å²) in [5.74, 6) is 0. The molecule has 2 aromatic heterocycles. The third kappa shape index (κ3) is 1.40. The quantitative estimate of drug-likeness (QED) is 0.614. The first kappa shape index (κ1) is 8.91. The summed E-state index contributed by atoms with van der Waals surface area (Å²) in [5, 5.41) is 8.64. The molecule has 1 aromatic carbocycles. The second-order valence-corrected chi connectivity index (χ2v) is 3.37. The maximum absolute atomic E-state index is 4.30. The molecule has 3 aromatic rings. The molecule has 3 rings (SSSR count). The standard InChI is InChI=1S/C12H8N4/c1-2-4-11-10(3-1)12(14-8-13-11)9-5-6-15-16-7-9/h1-8H. The summed E-state index contributed by atoms with van der Waals surface area (Å²) in [6.45, 7) is 0. The maximum atomic E-state index is 4.30. The Kier molecular flexibility index (Phi) is 2.04. The van der Waals surface area contributed by atoms with Crippen LogP contribution < -0.4 is 0 Å². The highest BCUT2D eigenvalue weighted by Gasteiger charge is 2.04. The van der Waals surface area contributed by atoms with E-state index >= 15 is 0 Å². The van der Waals surface area contributed by atoms with E-state index in [2.05, 4.69) is 20.2 Å². The lowest BCUT2D eigenvalue weighted by atomic mass is 10.1. The van der Waals surface area contributed by atoms with Gasteiger partial charge < -0.3 is 0 Å². The average Bonchev–Trinajstić information content (AvgIpc) is 2.39. The number of fused-ring (bicyclic) bond motifs is 1. The van der Waals surface area contributed by atoms with Crippen molar-refractivity contribution in [2.45, 2.75) is 0 Å². The van der Waals surface area contributed by atoms with Gasteiger partial charge in [0.05, 0.1) is 23.6 Å². The fraction of sp³-hybridized carbons (Fsp3) is 0. The smallest absolute Gasteiger partial charge is 0.116 e. The first-order valence-electron chi connectivity index (χ1n) is 4.92. The Balaban J connectivity index is 2.32. The van der Waals surface area contributed by atoms with E-state index in [9.17, 15) is 0 Å². The lowest BCUT2D eigenvalue weighted by Crippen LogP contribution is -1.89. The van der Waals surface area contributed by atoms with Gasteiger partial charge in [0.1, 0.15) is 6.33 Å². The number of rotatable bonds is 1. The van der Waals surface area contributed by atoms with Gasteiger partial charge in [-0.1, -0.05) is 18.2 Å². The van der Waals surface area contributed by atoms with Crippen LogP contribution in [0.15, 0.2) is 49.1 Å². The van der Waals surface area contributed by atoms with E-state index < -0.39 is 0 Å². The first-order valence-corrected chi connectivity index (χ1v) is 4.92. The summed E-state index contributed by atoms with van der Waals surface area (Å²) in [6.07, 6.45) is 4.93. The first-order chi connectivity index (χ1) is 7.95. The molecule has 0 atom stereocenters. The van der Waals surface area contributed by atoms with Crippen LogP contribution in [-0.2, 0) is 0 Å². The van der Waals surface area contributed by atoms with Gasteiger partial charge >= 0.3 is 0 Å². The zero-order chi connectivity index (χ0) is 10.8. The summed E-state index contributed by atoms with van der Waals surface area (Å²) >= 11 is 0. The molecule has 0 fully saturated rings. The molecule has 76 valence electrons. The van der Waals surface area contributed by atoms with Crippen LogP contribution in [0, 0.1) is 0 Å². The van der Waals surface area contributed by atoms with Crippen molar-refractivity contribution in [1.29, 1.82) is 0 Å². The van der Waals surface area contributed by atoms with E-state index in [1.165, 1.54) is 0 Å². The highest BCUT2D eigenvalue weighted by atomic mass is 15.1. The van der Waals surface area contributed by atoms with Crippen LogP contribution in [0.25, 0.3) is 22.2 Å². The monoisotopic (exact) mass is 208 g/mol. The van der Waals surface area contributed by atoms with Crippen LogP contribution in [0.2, 0.25) is 0 Å². The number of para-hydroxylation sites is 1. The Bertz CT molecular complexity index is 617. The van der Waals surface area contributed by atoms with Crippen molar-refractivity contribution in [3.8, 4) is 11.3 Å². The Morgan fingerprint density at radius 3 is 2.69 bits per heavy atom. The minimum absolute atomic E-state index is 0.889. The summed E-state index contributed by atoms with van der Waals surface area (Å²) in [6, 6.07) is 9.80. The SMILES string of the molecule is c1ccc2c(-c3ccnnc3)ncnc2c1. The molecule has 4 heteroatoms. The van der Waals surface area contributed by atoms with Crippen LogP contribution in [0.4, 0.5) is 0 Å². The van der Waals surface area contributed by atoms with E-state index in [4.69, 9.17) is 0 Å². The van der Waals surface area contributed by atoms with Crippen molar-refractivity contribution in [3.05, 3.63) is 49.1 Å². The van der Waals surface area contributed by atoms with E-state index in [1.807, 2.05) is 30.3 Å². The second kappa shape index (κ2) is 3.66. The van der Waals surface area contributed by atoms with E-state index in [-0.39, 0.29) is 0 Å². The number of hydrogen-bond acceptors (Lipinski definition) is 4. The largest absolute Gasteiger partial charge is 0.236 e. The van der Waals surface area contributed by atoms with Crippen LogP contribution in [-0.4, -0.2) is 20.2 Å². The van der Waals surface area contributed by atoms with Crippen LogP contribution >= 0.6 is 0 Å². The fourth-order valence-electron chi connectivity index (χ4n) is 1.67. The van der Waals surface area contributed by atoms with Gasteiger partial charge in [0.25, 0.3) is 0 Å². The summed E-state index contributed by atoms with van der Waals surface area (Å²) in [7, 11) is 0. The fourth-order valence-corrected chi connectivity index (χ4v) is 1.67. The maximum Gasteiger partial charge on any atom is 0.116 e. The molecule has 0 spiro atoms. The predicted molar refractivity (Wildman–Crippen MR) is 60.6 cm³/mol. The van der Waals surface area contributed by atoms with Gasteiger partial charge in [0.15, 0.2) is 0 Å². The molecular weight excluding hydrogens is 200 g/mol. The molecule has 0 N–H and O–H groups in total. The van der Waals surface area contributed by atoms with Crippen LogP contribution in [0.5, 0.6) is 0 Å². The molecule has 0 aliphatic rings. The minimum Gasteiger partial charge on any atom is -0.236 e. The summed E-state index contributed by atoms with van der Waals surface area (Å²) in [5.41, 5.74) is 2.78. The van der Waals surface area contributed by atoms with Crippen molar-refractivity contribution in [3.63, 3.8) is 0 Å². The van der Waals surface area contributed by atoms with E-state index in [1.54, 1.807) is 18.7 Å². The molecule has 0 bridgehead atoms. The Hall–Kier alpha value is -2.36. The minimum atomic E-state index is 0.889. The zero-order valence-electron chi connectivity index (χ0n) is 8.41. The highest BCUT2D eigenvalue weighted by molar-refractivity contribution is 5.91. The summed E-state index contributed by atoms with van der Waals surface area (Å²) < 4.78 is 0. The molecule has 0 aliphatic heterocycles. The van der Waals surface area contributed by atoms with Crippen LogP contribution in [0.1, 0.15) is 0 Å². The topological polar surface area (TPSA) is 51.6 Å². The molecule has 0 saturated carbocycles. The molecule has 16 heavy (non-hydrogen) atoms. The van der Waals surface area contributed by atoms with Gasteiger partial charge in [0, 0.05) is 10.9 Å². The van der Waals surface area contributed by atoms with Gasteiger partial charge in [-0.15, -0.1) is 0 Å². The third-order valence-corrected chi connectivity index (χ3v) is 2.40. The zero-order valence-corrected chi connectivity index (χ0v) is 8.41. The van der Waals surface area contributed by atoms with Crippen molar-refractivity contribution in [2.75, 3.05) is 0 Å². The van der Waals surface area contributed by atoms with Crippen molar-refractivity contribution in [2.24, 2.45) is 0 Å². The normalized spacial score (nSPS) is 10.5. The number of benzene rings is 1. The van der Waals surface area contributed by atoms with Gasteiger partial charge in [-0.05, 0) is 12.1 Å². The molecule has 2 heterocycles. The van der Waals surface area contributed by atoms with Gasteiger partial charge in [-0.25, -0.2) is 9.97 Å². The molecule has 0 radical (unpaired) electrons. The van der Waals surface area contributed by atoms with E-state index in [0.29, 0.717) is 0 Å². The van der Waals surface area contributed by atoms with Crippen molar-refractivity contribution < 1.29 is 0 Å². The van der Waals surface area contributed by atoms with Gasteiger partial charge in [0.2, 0.25) is 0 Å². The lowest BCUT2D eigenvalue weighted by Gasteiger charge is -2.03. The predicted octanol–water partition coefficient (Wildman–Crippen LogP) is 2.09. The molecule has 0 unspecified atom stereocenters. The number of hydrogen-bond donors (Lipinski definition) is 0. The number of nitrogens with zero attached hydrogens (tertiary/aromatic N) is 4. The number of aromatic nitrogens is 4. The Morgan fingerprint density at radius 1 is 0.875 bits per heavy atom. The summed E-state index contributed by atoms with van der Waals surface area (Å²) in [4.78, 5) is 8.52. The van der Waals surface area contributed by atoms with Crippen LogP contribution in [0.3, 0.4) is 0 Å². The van der Waals surface area contributed by atoms with Gasteiger partial charge in [-0.2, -0.15) is 10.2 Å².